The molecule has 1 amide bonds. The van der Waals surface area contributed by atoms with Crippen molar-refractivity contribution in [2.45, 2.75) is 38.3 Å². The highest BCUT2D eigenvalue weighted by molar-refractivity contribution is 5.86. The Morgan fingerprint density at radius 3 is 2.68 bits per heavy atom. The van der Waals surface area contributed by atoms with E-state index in [1.807, 2.05) is 30.3 Å². The van der Waals surface area contributed by atoms with Crippen molar-refractivity contribution >= 4 is 24.3 Å². The molecule has 2 atom stereocenters. The van der Waals surface area contributed by atoms with Crippen LogP contribution in [-0.2, 0) is 14.3 Å². The minimum atomic E-state index is -0.736. The van der Waals surface area contributed by atoms with Crippen LogP contribution in [0, 0.1) is 0 Å². The number of esters is 1. The summed E-state index contributed by atoms with van der Waals surface area (Å²) >= 11 is 0. The van der Waals surface area contributed by atoms with Gasteiger partial charge in [0.05, 0.1) is 6.61 Å². The molecule has 1 fully saturated rings. The number of rotatable bonds is 6. The Hall–Kier alpha value is -1.59. The highest BCUT2D eigenvalue weighted by Crippen LogP contribution is 2.16. The average molecular weight is 327 g/mol. The molecule has 0 bridgehead atoms. The van der Waals surface area contributed by atoms with E-state index >= 15 is 0 Å². The summed E-state index contributed by atoms with van der Waals surface area (Å²) in [6.07, 6.45) is 2.49. The molecular formula is C16H23ClN2O3. The van der Waals surface area contributed by atoms with Gasteiger partial charge in [-0.25, -0.2) is 4.79 Å². The lowest BCUT2D eigenvalue weighted by Crippen LogP contribution is -2.38. The second kappa shape index (κ2) is 9.43. The maximum atomic E-state index is 12.1. The van der Waals surface area contributed by atoms with Crippen LogP contribution in [-0.4, -0.2) is 31.1 Å². The number of hydrogen-bond donors (Lipinski definition) is 2. The average Bonchev–Trinajstić information content (AvgIpc) is 2.98. The second-order valence-corrected chi connectivity index (χ2v) is 5.16. The highest BCUT2D eigenvalue weighted by Gasteiger charge is 2.25. The number of halogens is 1. The third-order valence-corrected chi connectivity index (χ3v) is 3.55. The fourth-order valence-corrected chi connectivity index (χ4v) is 2.52. The predicted molar refractivity (Wildman–Crippen MR) is 86.8 cm³/mol. The molecule has 1 unspecified atom stereocenters. The molecule has 1 aromatic rings. The number of benzene rings is 1. The van der Waals surface area contributed by atoms with Crippen LogP contribution in [0.15, 0.2) is 30.3 Å². The number of hydrogen-bond acceptors (Lipinski definition) is 4. The van der Waals surface area contributed by atoms with Gasteiger partial charge < -0.3 is 15.4 Å². The third kappa shape index (κ3) is 5.31. The van der Waals surface area contributed by atoms with Crippen LogP contribution in [0.3, 0.4) is 0 Å². The monoisotopic (exact) mass is 326 g/mol. The van der Waals surface area contributed by atoms with Gasteiger partial charge in [-0.05, 0) is 31.9 Å². The Morgan fingerprint density at radius 1 is 1.36 bits per heavy atom. The summed E-state index contributed by atoms with van der Waals surface area (Å²) in [5.74, 6) is -0.548. The molecule has 0 radical (unpaired) electrons. The summed E-state index contributed by atoms with van der Waals surface area (Å²) < 4.78 is 5.06. The Kier molecular flexibility index (Phi) is 7.91. The molecule has 2 rings (SSSR count). The molecule has 1 aliphatic rings. The number of nitrogens with one attached hydrogen (secondary N) is 2. The lowest BCUT2D eigenvalue weighted by molar-refractivity contribution is -0.147. The van der Waals surface area contributed by atoms with Crippen molar-refractivity contribution in [1.29, 1.82) is 0 Å². The molecule has 6 heteroatoms. The van der Waals surface area contributed by atoms with Crippen LogP contribution in [0.5, 0.6) is 0 Å². The maximum absolute atomic E-state index is 12.1. The van der Waals surface area contributed by atoms with Gasteiger partial charge in [-0.2, -0.15) is 0 Å². The summed E-state index contributed by atoms with van der Waals surface area (Å²) in [5.41, 5.74) is 0.740. The first-order valence-electron chi connectivity index (χ1n) is 7.45. The normalized spacial score (nSPS) is 18.1. The van der Waals surface area contributed by atoms with Gasteiger partial charge in [0.2, 0.25) is 5.91 Å². The molecule has 2 N–H and O–H groups in total. The summed E-state index contributed by atoms with van der Waals surface area (Å²) in [4.78, 5) is 24.2. The quantitative estimate of drug-likeness (QED) is 0.784. The van der Waals surface area contributed by atoms with Crippen molar-refractivity contribution in [2.75, 3.05) is 13.2 Å². The molecule has 122 valence electrons. The number of amides is 1. The van der Waals surface area contributed by atoms with E-state index in [1.165, 1.54) is 0 Å². The maximum Gasteiger partial charge on any atom is 0.333 e. The molecule has 1 aliphatic heterocycles. The molecule has 0 aromatic heterocycles. The first kappa shape index (κ1) is 18.5. The minimum Gasteiger partial charge on any atom is -0.464 e. The molecular weight excluding hydrogens is 304 g/mol. The van der Waals surface area contributed by atoms with Gasteiger partial charge in [0.15, 0.2) is 6.04 Å². The second-order valence-electron chi connectivity index (χ2n) is 5.16. The van der Waals surface area contributed by atoms with E-state index in [0.717, 1.165) is 24.9 Å². The first-order chi connectivity index (χ1) is 10.2. The summed E-state index contributed by atoms with van der Waals surface area (Å²) in [6, 6.07) is 8.66. The van der Waals surface area contributed by atoms with Crippen LogP contribution in [0.1, 0.15) is 37.8 Å². The van der Waals surface area contributed by atoms with Crippen molar-refractivity contribution in [3.63, 3.8) is 0 Å². The van der Waals surface area contributed by atoms with Crippen molar-refractivity contribution in [1.82, 2.24) is 10.6 Å². The van der Waals surface area contributed by atoms with Crippen LogP contribution in [0.4, 0.5) is 0 Å². The fraction of sp³-hybridized carbons (Fsp3) is 0.500. The zero-order valence-corrected chi connectivity index (χ0v) is 13.5. The zero-order chi connectivity index (χ0) is 15.1. The van der Waals surface area contributed by atoms with Crippen molar-refractivity contribution in [2.24, 2.45) is 0 Å². The fourth-order valence-electron chi connectivity index (χ4n) is 2.52. The van der Waals surface area contributed by atoms with E-state index in [2.05, 4.69) is 10.6 Å². The van der Waals surface area contributed by atoms with E-state index in [-0.39, 0.29) is 24.4 Å². The van der Waals surface area contributed by atoms with E-state index < -0.39 is 12.0 Å². The zero-order valence-electron chi connectivity index (χ0n) is 12.7. The van der Waals surface area contributed by atoms with Gasteiger partial charge in [0, 0.05) is 12.5 Å². The SMILES string of the molecule is CCOC(=O)[C@H](NC(=O)CC1CCCN1)c1ccccc1.Cl. The first-order valence-corrected chi connectivity index (χ1v) is 7.45. The largest absolute Gasteiger partial charge is 0.464 e. The van der Waals surface area contributed by atoms with Gasteiger partial charge in [0.25, 0.3) is 0 Å². The number of ether oxygens (including phenoxy) is 1. The molecule has 0 spiro atoms. The number of carbonyl (C=O) groups is 2. The van der Waals surface area contributed by atoms with E-state index in [0.29, 0.717) is 13.0 Å². The van der Waals surface area contributed by atoms with Crippen molar-refractivity contribution in [3.8, 4) is 0 Å². The smallest absolute Gasteiger partial charge is 0.333 e. The van der Waals surface area contributed by atoms with E-state index in [9.17, 15) is 9.59 Å². The van der Waals surface area contributed by atoms with Crippen LogP contribution in [0.2, 0.25) is 0 Å². The predicted octanol–water partition coefficient (Wildman–Crippen LogP) is 1.97. The molecule has 0 saturated carbocycles. The summed E-state index contributed by atoms with van der Waals surface area (Å²) in [7, 11) is 0. The van der Waals surface area contributed by atoms with Crippen LogP contribution >= 0.6 is 12.4 Å². The highest BCUT2D eigenvalue weighted by atomic mass is 35.5. The third-order valence-electron chi connectivity index (χ3n) is 3.55. The Balaban J connectivity index is 0.00000242. The molecule has 1 aromatic carbocycles. The lowest BCUT2D eigenvalue weighted by Gasteiger charge is -2.19. The van der Waals surface area contributed by atoms with Crippen molar-refractivity contribution in [3.05, 3.63) is 35.9 Å². The topological polar surface area (TPSA) is 67.4 Å². The Bertz CT molecular complexity index is 476. The molecule has 0 aliphatic carbocycles. The standard InChI is InChI=1S/C16H22N2O3.ClH/c1-2-21-16(20)15(12-7-4-3-5-8-12)18-14(19)11-13-9-6-10-17-13;/h3-5,7-8,13,15,17H,2,6,9-11H2,1H3,(H,18,19);1H/t13?,15-;/m1./s1. The van der Waals surface area contributed by atoms with Crippen LogP contribution < -0.4 is 10.6 Å². The molecule has 5 nitrogen and oxygen atoms in total. The van der Waals surface area contributed by atoms with E-state index in [1.54, 1.807) is 6.92 Å². The minimum absolute atomic E-state index is 0. The van der Waals surface area contributed by atoms with Gasteiger partial charge in [-0.15, -0.1) is 12.4 Å². The van der Waals surface area contributed by atoms with Crippen molar-refractivity contribution < 1.29 is 14.3 Å². The van der Waals surface area contributed by atoms with Gasteiger partial charge in [-0.1, -0.05) is 30.3 Å². The van der Waals surface area contributed by atoms with Gasteiger partial charge >= 0.3 is 5.97 Å². The van der Waals surface area contributed by atoms with Gasteiger partial charge in [0.1, 0.15) is 0 Å². The van der Waals surface area contributed by atoms with Crippen LogP contribution in [0.25, 0.3) is 0 Å². The Morgan fingerprint density at radius 2 is 2.09 bits per heavy atom. The molecule has 1 saturated heterocycles. The summed E-state index contributed by atoms with van der Waals surface area (Å²) in [5, 5.41) is 6.07. The summed E-state index contributed by atoms with van der Waals surface area (Å²) in [6.45, 7) is 3.00. The Labute approximate surface area is 137 Å². The lowest BCUT2D eigenvalue weighted by atomic mass is 10.1. The number of carbonyl (C=O) groups excluding carboxylic acids is 2. The van der Waals surface area contributed by atoms with E-state index in [4.69, 9.17) is 4.74 Å². The molecule has 22 heavy (non-hydrogen) atoms. The van der Waals surface area contributed by atoms with Gasteiger partial charge in [-0.3, -0.25) is 4.79 Å². The molecule has 1 heterocycles.